The average Bonchev–Trinajstić information content (AvgIpc) is 2.87. The van der Waals surface area contributed by atoms with Crippen molar-refractivity contribution in [3.05, 3.63) is 58.6 Å². The largest absolute Gasteiger partial charge is 0.461 e. The molecule has 0 heterocycles. The van der Waals surface area contributed by atoms with E-state index in [0.717, 1.165) is 0 Å². The molecule has 202 valence electrons. The van der Waals surface area contributed by atoms with Crippen molar-refractivity contribution in [2.45, 2.75) is 27.7 Å². The Balaban J connectivity index is 2.15. The zero-order valence-electron chi connectivity index (χ0n) is 21.6. The van der Waals surface area contributed by atoms with Crippen LogP contribution in [0.4, 0.5) is 11.4 Å². The molecule has 0 radical (unpaired) electrons. The average molecular weight is 561 g/mol. The van der Waals surface area contributed by atoms with Gasteiger partial charge in [-0.2, -0.15) is 10.2 Å². The van der Waals surface area contributed by atoms with Gasteiger partial charge in [-0.3, -0.25) is 20.8 Å². The minimum atomic E-state index is -0.619. The molecule has 2 N–H and O–H groups in total. The molecule has 0 aliphatic rings. The van der Waals surface area contributed by atoms with Crippen LogP contribution in [0.2, 0.25) is 10.0 Å². The van der Waals surface area contributed by atoms with Crippen LogP contribution in [0.5, 0.6) is 0 Å². The van der Waals surface area contributed by atoms with Crippen LogP contribution >= 0.6 is 23.2 Å². The summed E-state index contributed by atoms with van der Waals surface area (Å²) in [7, 11) is 0. The zero-order valence-corrected chi connectivity index (χ0v) is 23.1. The maximum atomic E-state index is 12.4. The molecule has 12 heteroatoms. The van der Waals surface area contributed by atoms with E-state index in [1.807, 2.05) is 0 Å². The molecule has 2 aromatic carbocycles. The third-order valence-electron chi connectivity index (χ3n) is 4.66. The van der Waals surface area contributed by atoms with Gasteiger partial charge in [0.05, 0.1) is 49.1 Å². The number of carbonyl (C=O) groups is 2. The number of esters is 2. The summed E-state index contributed by atoms with van der Waals surface area (Å²) in [4.78, 5) is 33.7. The Hall–Kier alpha value is -3.76. The highest BCUT2D eigenvalue weighted by Gasteiger charge is 2.18. The quantitative estimate of drug-likeness (QED) is 0.148. The van der Waals surface area contributed by atoms with Crippen LogP contribution in [0.3, 0.4) is 0 Å². The molecular weight excluding hydrogens is 531 g/mol. The molecule has 0 atom stereocenters. The van der Waals surface area contributed by atoms with Gasteiger partial charge < -0.3 is 9.47 Å². The molecule has 38 heavy (non-hydrogen) atoms. The van der Waals surface area contributed by atoms with Gasteiger partial charge >= 0.3 is 11.9 Å². The van der Waals surface area contributed by atoms with Gasteiger partial charge in [0, 0.05) is 10.0 Å². The standard InChI is InChI=1S/C26H30Cl2N6O4/c1-5-37-25(35)23(33-31-21-11-7-9-19(27)15-21)17(3)29-13-14-30-18(4)24(26(36)38-6-2)34-32-22-12-8-10-20(28)16-22/h7-12,15-16,31-32H,5-6,13-14H2,1-4H3/b29-17?,30-18?,33-23-,34-24-. The second-order valence-electron chi connectivity index (χ2n) is 7.54. The molecule has 2 aromatic rings. The molecule has 0 amide bonds. The first-order valence-electron chi connectivity index (χ1n) is 11.8. The lowest BCUT2D eigenvalue weighted by Gasteiger charge is -2.08. The fraction of sp³-hybridized carbons (Fsp3) is 0.308. The van der Waals surface area contributed by atoms with Crippen LogP contribution in [0.15, 0.2) is 68.7 Å². The molecule has 0 unspecified atom stereocenters. The summed E-state index contributed by atoms with van der Waals surface area (Å²) in [6, 6.07) is 13.8. The van der Waals surface area contributed by atoms with E-state index in [1.54, 1.807) is 76.2 Å². The number of hydrogen-bond donors (Lipinski definition) is 2. The summed E-state index contributed by atoms with van der Waals surface area (Å²) in [5, 5.41) is 9.38. The number of halogens is 2. The van der Waals surface area contributed by atoms with Gasteiger partial charge in [-0.1, -0.05) is 35.3 Å². The Morgan fingerprint density at radius 3 is 1.47 bits per heavy atom. The minimum absolute atomic E-state index is 0.0204. The number of carbonyl (C=O) groups excluding carboxylic acids is 2. The predicted molar refractivity (Wildman–Crippen MR) is 154 cm³/mol. The highest BCUT2D eigenvalue weighted by atomic mass is 35.5. The van der Waals surface area contributed by atoms with E-state index in [9.17, 15) is 9.59 Å². The zero-order chi connectivity index (χ0) is 27.9. The number of nitrogens with zero attached hydrogens (tertiary/aromatic N) is 4. The van der Waals surface area contributed by atoms with Crippen molar-refractivity contribution in [3.63, 3.8) is 0 Å². The van der Waals surface area contributed by atoms with Crippen molar-refractivity contribution in [3.8, 4) is 0 Å². The number of aliphatic imine (C=N–C) groups is 2. The van der Waals surface area contributed by atoms with Crippen molar-refractivity contribution in [2.24, 2.45) is 20.2 Å². The first kappa shape index (κ1) is 30.5. The number of hydrogen-bond acceptors (Lipinski definition) is 10. The first-order valence-corrected chi connectivity index (χ1v) is 12.6. The predicted octanol–water partition coefficient (Wildman–Crippen LogP) is 5.28. The van der Waals surface area contributed by atoms with Gasteiger partial charge in [0.15, 0.2) is 11.4 Å². The van der Waals surface area contributed by atoms with Gasteiger partial charge in [-0.25, -0.2) is 9.59 Å². The molecule has 0 saturated heterocycles. The second kappa shape index (κ2) is 16.2. The molecule has 0 saturated carbocycles. The van der Waals surface area contributed by atoms with E-state index in [0.29, 0.717) is 32.8 Å². The number of anilines is 2. The highest BCUT2D eigenvalue weighted by molar-refractivity contribution is 6.66. The SMILES string of the molecule is CCOC(=O)/C(=N\Nc1cccc(Cl)c1)C(C)=NCCN=C(C)/C(=N/Nc1cccc(Cl)c1)C(=O)OCC. The normalized spacial score (nSPS) is 12.7. The Morgan fingerprint density at radius 1 is 0.737 bits per heavy atom. The minimum Gasteiger partial charge on any atom is -0.461 e. The first-order chi connectivity index (χ1) is 18.2. The summed E-state index contributed by atoms with van der Waals surface area (Å²) in [5.41, 5.74) is 7.55. The van der Waals surface area contributed by atoms with Crippen molar-refractivity contribution in [1.29, 1.82) is 0 Å². The summed E-state index contributed by atoms with van der Waals surface area (Å²) in [6.07, 6.45) is 0. The van der Waals surface area contributed by atoms with Crippen molar-refractivity contribution >= 4 is 69.4 Å². The van der Waals surface area contributed by atoms with Crippen LogP contribution in [0.25, 0.3) is 0 Å². The molecule has 10 nitrogen and oxygen atoms in total. The molecule has 0 aromatic heterocycles. The Labute approximate surface area is 231 Å². The van der Waals surface area contributed by atoms with E-state index in [2.05, 4.69) is 31.0 Å². The van der Waals surface area contributed by atoms with Crippen molar-refractivity contribution in [2.75, 3.05) is 37.2 Å². The van der Waals surface area contributed by atoms with Crippen molar-refractivity contribution < 1.29 is 19.1 Å². The van der Waals surface area contributed by atoms with Crippen LogP contribution < -0.4 is 10.9 Å². The van der Waals surface area contributed by atoms with E-state index < -0.39 is 11.9 Å². The fourth-order valence-electron chi connectivity index (χ4n) is 2.89. The molecule has 0 bridgehead atoms. The Kier molecular flexibility index (Phi) is 13.0. The molecule has 0 fully saturated rings. The lowest BCUT2D eigenvalue weighted by Crippen LogP contribution is -2.27. The van der Waals surface area contributed by atoms with Gasteiger partial charge in [-0.15, -0.1) is 0 Å². The van der Waals surface area contributed by atoms with E-state index >= 15 is 0 Å². The van der Waals surface area contributed by atoms with Crippen LogP contribution in [-0.4, -0.2) is 61.1 Å². The number of benzene rings is 2. The van der Waals surface area contributed by atoms with E-state index in [1.165, 1.54) is 0 Å². The molecule has 2 rings (SSSR count). The molecule has 0 aliphatic heterocycles. The molecule has 0 aliphatic carbocycles. The summed E-state index contributed by atoms with van der Waals surface area (Å²) < 4.78 is 10.2. The van der Waals surface area contributed by atoms with Gasteiger partial charge in [0.25, 0.3) is 0 Å². The third kappa shape index (κ3) is 10.3. The Morgan fingerprint density at radius 2 is 1.13 bits per heavy atom. The number of hydrazone groups is 2. The van der Waals surface area contributed by atoms with Crippen LogP contribution in [-0.2, 0) is 19.1 Å². The van der Waals surface area contributed by atoms with Crippen molar-refractivity contribution in [1.82, 2.24) is 0 Å². The number of rotatable bonds is 13. The van der Waals surface area contributed by atoms with Crippen LogP contribution in [0.1, 0.15) is 27.7 Å². The van der Waals surface area contributed by atoms with E-state index in [-0.39, 0.29) is 37.7 Å². The third-order valence-corrected chi connectivity index (χ3v) is 5.13. The summed E-state index contributed by atoms with van der Waals surface area (Å²) >= 11 is 12.0. The monoisotopic (exact) mass is 560 g/mol. The molecular formula is C26H30Cl2N6O4. The smallest absolute Gasteiger partial charge is 0.360 e. The summed E-state index contributed by atoms with van der Waals surface area (Å²) in [6.45, 7) is 7.50. The van der Waals surface area contributed by atoms with Gasteiger partial charge in [-0.05, 0) is 64.1 Å². The maximum Gasteiger partial charge on any atom is 0.360 e. The highest BCUT2D eigenvalue weighted by Crippen LogP contribution is 2.16. The lowest BCUT2D eigenvalue weighted by atomic mass is 10.2. The second-order valence-corrected chi connectivity index (χ2v) is 8.41. The fourth-order valence-corrected chi connectivity index (χ4v) is 3.27. The molecule has 0 spiro atoms. The summed E-state index contributed by atoms with van der Waals surface area (Å²) in [5.74, 6) is -1.24. The van der Waals surface area contributed by atoms with Gasteiger partial charge in [0.1, 0.15) is 0 Å². The Bertz CT molecular complexity index is 1150. The lowest BCUT2D eigenvalue weighted by molar-refractivity contribution is -0.135. The van der Waals surface area contributed by atoms with Gasteiger partial charge in [0.2, 0.25) is 0 Å². The topological polar surface area (TPSA) is 126 Å². The number of ether oxygens (including phenoxy) is 2. The van der Waals surface area contributed by atoms with Crippen LogP contribution in [0, 0.1) is 0 Å². The number of nitrogens with one attached hydrogen (secondary N) is 2. The maximum absolute atomic E-state index is 12.4. The van der Waals surface area contributed by atoms with E-state index in [4.69, 9.17) is 32.7 Å².